The van der Waals surface area contributed by atoms with Crippen LogP contribution in [0.4, 0.5) is 0 Å². The zero-order valence-corrected chi connectivity index (χ0v) is 12.5. The van der Waals surface area contributed by atoms with E-state index < -0.39 is 6.10 Å². The van der Waals surface area contributed by atoms with Gasteiger partial charge in [-0.3, -0.25) is 9.69 Å². The summed E-state index contributed by atoms with van der Waals surface area (Å²) in [6, 6.07) is 6.95. The standard InChI is InChI=1S/C17H23NO3/c1-4-9-18(10-5-2)12-16(20)13-21-17-8-6-7-15(11-17)14(3)19/h4-8,11,16,20H,1-2,9-10,12-13H2,3H3/t16-/m0/s1. The van der Waals surface area contributed by atoms with E-state index in [1.54, 1.807) is 36.4 Å². The Morgan fingerprint density at radius 1 is 1.38 bits per heavy atom. The largest absolute Gasteiger partial charge is 0.491 e. The SMILES string of the molecule is C=CCN(CC=C)C[C@H](O)COc1cccc(C(C)=O)c1. The molecule has 0 aliphatic rings. The lowest BCUT2D eigenvalue weighted by Crippen LogP contribution is -2.35. The monoisotopic (exact) mass is 289 g/mol. The molecule has 0 heterocycles. The zero-order chi connectivity index (χ0) is 15.7. The molecule has 4 heteroatoms. The van der Waals surface area contributed by atoms with Gasteiger partial charge in [0.2, 0.25) is 0 Å². The number of nitrogens with zero attached hydrogens (tertiary/aromatic N) is 1. The van der Waals surface area contributed by atoms with E-state index in [1.807, 2.05) is 4.90 Å². The summed E-state index contributed by atoms with van der Waals surface area (Å²) in [4.78, 5) is 13.3. The topological polar surface area (TPSA) is 49.8 Å². The third kappa shape index (κ3) is 6.38. The number of hydrogen-bond acceptors (Lipinski definition) is 4. The van der Waals surface area contributed by atoms with Crippen molar-refractivity contribution in [2.24, 2.45) is 0 Å². The Bertz CT molecular complexity index is 475. The first-order chi connectivity index (χ1) is 10.1. The van der Waals surface area contributed by atoms with E-state index in [4.69, 9.17) is 4.74 Å². The number of Topliss-reactive ketones (excluding diaryl/α,β-unsaturated/α-hetero) is 1. The summed E-state index contributed by atoms with van der Waals surface area (Å²) in [5.41, 5.74) is 0.599. The molecule has 0 aliphatic heterocycles. The van der Waals surface area contributed by atoms with Crippen LogP contribution in [0.25, 0.3) is 0 Å². The van der Waals surface area contributed by atoms with Crippen molar-refractivity contribution in [2.45, 2.75) is 13.0 Å². The Morgan fingerprint density at radius 2 is 2.05 bits per heavy atom. The molecule has 0 aliphatic carbocycles. The third-order valence-corrected chi connectivity index (χ3v) is 2.93. The van der Waals surface area contributed by atoms with E-state index >= 15 is 0 Å². The molecular formula is C17H23NO3. The molecule has 1 aromatic carbocycles. The number of rotatable bonds is 10. The predicted molar refractivity (Wildman–Crippen MR) is 84.8 cm³/mol. The number of carbonyl (C=O) groups is 1. The van der Waals surface area contributed by atoms with E-state index in [1.165, 1.54) is 6.92 Å². The minimum Gasteiger partial charge on any atom is -0.491 e. The van der Waals surface area contributed by atoms with Gasteiger partial charge in [-0.1, -0.05) is 24.3 Å². The minimum atomic E-state index is -0.620. The van der Waals surface area contributed by atoms with E-state index in [9.17, 15) is 9.90 Å². The molecule has 0 aromatic heterocycles. The van der Waals surface area contributed by atoms with Gasteiger partial charge in [0, 0.05) is 25.2 Å². The number of hydrogen-bond donors (Lipinski definition) is 1. The van der Waals surface area contributed by atoms with Crippen LogP contribution in [-0.2, 0) is 0 Å². The fourth-order valence-corrected chi connectivity index (χ4v) is 1.94. The number of aliphatic hydroxyl groups is 1. The lowest BCUT2D eigenvalue weighted by atomic mass is 10.1. The molecule has 0 unspecified atom stereocenters. The van der Waals surface area contributed by atoms with E-state index in [0.717, 1.165) is 0 Å². The smallest absolute Gasteiger partial charge is 0.159 e. The van der Waals surface area contributed by atoms with Crippen molar-refractivity contribution in [1.29, 1.82) is 0 Å². The van der Waals surface area contributed by atoms with Gasteiger partial charge in [0.25, 0.3) is 0 Å². The Morgan fingerprint density at radius 3 is 2.62 bits per heavy atom. The highest BCUT2D eigenvalue weighted by atomic mass is 16.5. The molecule has 0 fully saturated rings. The van der Waals surface area contributed by atoms with Crippen LogP contribution in [0.2, 0.25) is 0 Å². The van der Waals surface area contributed by atoms with Crippen molar-refractivity contribution in [3.05, 3.63) is 55.1 Å². The molecular weight excluding hydrogens is 266 g/mol. The molecule has 1 N–H and O–H groups in total. The van der Waals surface area contributed by atoms with Crippen LogP contribution in [-0.4, -0.2) is 48.1 Å². The first-order valence-electron chi connectivity index (χ1n) is 6.92. The van der Waals surface area contributed by atoms with Gasteiger partial charge in [-0.25, -0.2) is 0 Å². The second-order valence-corrected chi connectivity index (χ2v) is 4.84. The molecule has 0 saturated heterocycles. The van der Waals surface area contributed by atoms with Crippen LogP contribution in [0, 0.1) is 0 Å². The van der Waals surface area contributed by atoms with Gasteiger partial charge < -0.3 is 9.84 Å². The van der Waals surface area contributed by atoms with Crippen LogP contribution in [0.15, 0.2) is 49.6 Å². The fraction of sp³-hybridized carbons (Fsp3) is 0.353. The summed E-state index contributed by atoms with van der Waals surface area (Å²) in [6.07, 6.45) is 2.95. The summed E-state index contributed by atoms with van der Waals surface area (Å²) in [5.74, 6) is 0.574. The average molecular weight is 289 g/mol. The van der Waals surface area contributed by atoms with Crippen molar-refractivity contribution >= 4 is 5.78 Å². The summed E-state index contributed by atoms with van der Waals surface area (Å²) >= 11 is 0. The Balaban J connectivity index is 2.49. The van der Waals surface area contributed by atoms with E-state index in [2.05, 4.69) is 13.2 Å². The Hall–Kier alpha value is -1.91. The number of aliphatic hydroxyl groups excluding tert-OH is 1. The maximum atomic E-state index is 11.3. The molecule has 21 heavy (non-hydrogen) atoms. The van der Waals surface area contributed by atoms with Gasteiger partial charge in [0.15, 0.2) is 5.78 Å². The molecule has 1 atom stereocenters. The minimum absolute atomic E-state index is 0.0101. The highest BCUT2D eigenvalue weighted by Gasteiger charge is 2.11. The second-order valence-electron chi connectivity index (χ2n) is 4.84. The number of benzene rings is 1. The van der Waals surface area contributed by atoms with Gasteiger partial charge in [-0.2, -0.15) is 0 Å². The van der Waals surface area contributed by atoms with Crippen LogP contribution in [0.5, 0.6) is 5.75 Å². The quantitative estimate of drug-likeness (QED) is 0.530. The fourth-order valence-electron chi connectivity index (χ4n) is 1.94. The van der Waals surface area contributed by atoms with Gasteiger partial charge in [-0.05, 0) is 19.1 Å². The lowest BCUT2D eigenvalue weighted by molar-refractivity contribution is 0.0754. The number of ether oxygens (including phenoxy) is 1. The van der Waals surface area contributed by atoms with Crippen molar-refractivity contribution < 1.29 is 14.6 Å². The molecule has 0 amide bonds. The first-order valence-corrected chi connectivity index (χ1v) is 6.92. The number of carbonyl (C=O) groups excluding carboxylic acids is 1. The van der Waals surface area contributed by atoms with Gasteiger partial charge in [0.05, 0.1) is 0 Å². The normalized spacial score (nSPS) is 12.0. The summed E-state index contributed by atoms with van der Waals surface area (Å²) < 4.78 is 5.54. The summed E-state index contributed by atoms with van der Waals surface area (Å²) in [7, 11) is 0. The third-order valence-electron chi connectivity index (χ3n) is 2.93. The molecule has 0 spiro atoms. The molecule has 0 saturated carbocycles. The van der Waals surface area contributed by atoms with Crippen LogP contribution >= 0.6 is 0 Å². The Kier molecular flexibility index (Phi) is 7.43. The van der Waals surface area contributed by atoms with Crippen molar-refractivity contribution in [3.8, 4) is 5.75 Å². The molecule has 4 nitrogen and oxygen atoms in total. The Labute approximate surface area is 126 Å². The molecule has 1 rings (SSSR count). The molecule has 114 valence electrons. The molecule has 0 bridgehead atoms. The van der Waals surface area contributed by atoms with E-state index in [-0.39, 0.29) is 12.4 Å². The van der Waals surface area contributed by atoms with Gasteiger partial charge in [0.1, 0.15) is 18.5 Å². The summed E-state index contributed by atoms with van der Waals surface area (Å²) in [6.45, 7) is 10.9. The highest BCUT2D eigenvalue weighted by molar-refractivity contribution is 5.94. The number of ketones is 1. The van der Waals surface area contributed by atoms with Crippen LogP contribution in [0.1, 0.15) is 17.3 Å². The maximum Gasteiger partial charge on any atom is 0.159 e. The zero-order valence-electron chi connectivity index (χ0n) is 12.5. The highest BCUT2D eigenvalue weighted by Crippen LogP contribution is 2.14. The maximum absolute atomic E-state index is 11.3. The average Bonchev–Trinajstić information content (AvgIpc) is 2.46. The van der Waals surface area contributed by atoms with Crippen molar-refractivity contribution in [3.63, 3.8) is 0 Å². The van der Waals surface area contributed by atoms with Crippen molar-refractivity contribution in [2.75, 3.05) is 26.2 Å². The van der Waals surface area contributed by atoms with Gasteiger partial charge in [-0.15, -0.1) is 13.2 Å². The predicted octanol–water partition coefficient (Wildman–Crippen LogP) is 2.30. The van der Waals surface area contributed by atoms with Crippen molar-refractivity contribution in [1.82, 2.24) is 4.90 Å². The second kappa shape index (κ2) is 9.10. The summed E-state index contributed by atoms with van der Waals surface area (Å²) in [5, 5.41) is 10.0. The van der Waals surface area contributed by atoms with Crippen LogP contribution < -0.4 is 4.74 Å². The van der Waals surface area contributed by atoms with Crippen LogP contribution in [0.3, 0.4) is 0 Å². The molecule has 1 aromatic rings. The molecule has 0 radical (unpaired) electrons. The van der Waals surface area contributed by atoms with E-state index in [0.29, 0.717) is 30.9 Å². The lowest BCUT2D eigenvalue weighted by Gasteiger charge is -2.22. The first kappa shape index (κ1) is 17.1. The van der Waals surface area contributed by atoms with Gasteiger partial charge >= 0.3 is 0 Å².